The molecule has 3 nitrogen and oxygen atoms in total. The molecule has 0 bridgehead atoms. The highest BCUT2D eigenvalue weighted by atomic mass is 19.1. The van der Waals surface area contributed by atoms with Gasteiger partial charge in [-0.15, -0.1) is 0 Å². The Hall–Kier alpha value is -1.65. The number of rotatable bonds is 1. The third-order valence-electron chi connectivity index (χ3n) is 3.15. The van der Waals surface area contributed by atoms with E-state index in [2.05, 4.69) is 0 Å². The number of halogens is 2. The lowest BCUT2D eigenvalue weighted by Gasteiger charge is -2.22. The van der Waals surface area contributed by atoms with Gasteiger partial charge in [-0.1, -0.05) is 0 Å². The lowest BCUT2D eigenvalue weighted by molar-refractivity contribution is 0.0738. The van der Waals surface area contributed by atoms with Gasteiger partial charge in [-0.05, 0) is 31.9 Å². The number of hydrogen-bond acceptors (Lipinski definition) is 2. The van der Waals surface area contributed by atoms with E-state index in [9.17, 15) is 13.6 Å². The number of carbonyl (C=O) groups is 1. The Morgan fingerprint density at radius 3 is 2.76 bits per heavy atom. The zero-order chi connectivity index (χ0) is 12.6. The summed E-state index contributed by atoms with van der Waals surface area (Å²) in [4.78, 5) is 13.5. The Morgan fingerprint density at radius 1 is 1.47 bits per heavy atom. The predicted molar refractivity (Wildman–Crippen MR) is 60.5 cm³/mol. The van der Waals surface area contributed by atoms with Crippen LogP contribution in [0.15, 0.2) is 12.1 Å². The number of nitrogens with two attached hydrogens (primary N) is 1. The maximum Gasteiger partial charge on any atom is 0.260 e. The lowest BCUT2D eigenvalue weighted by Crippen LogP contribution is -2.35. The first kappa shape index (κ1) is 11.8. The van der Waals surface area contributed by atoms with Crippen molar-refractivity contribution in [2.45, 2.75) is 25.8 Å². The molecule has 1 saturated heterocycles. The topological polar surface area (TPSA) is 46.3 Å². The number of amides is 1. The Bertz CT molecular complexity index is 462. The van der Waals surface area contributed by atoms with Crippen LogP contribution in [0.1, 0.15) is 30.1 Å². The van der Waals surface area contributed by atoms with E-state index in [1.165, 1.54) is 4.90 Å². The van der Waals surface area contributed by atoms with Crippen molar-refractivity contribution in [3.8, 4) is 0 Å². The lowest BCUT2D eigenvalue weighted by atomic mass is 10.1. The van der Waals surface area contributed by atoms with Gasteiger partial charge >= 0.3 is 0 Å². The van der Waals surface area contributed by atoms with Crippen LogP contribution in [-0.4, -0.2) is 23.4 Å². The first-order chi connectivity index (χ1) is 8.02. The van der Waals surface area contributed by atoms with Gasteiger partial charge in [-0.3, -0.25) is 4.79 Å². The van der Waals surface area contributed by atoms with Crippen LogP contribution < -0.4 is 5.73 Å². The zero-order valence-corrected chi connectivity index (χ0v) is 9.54. The molecular formula is C12H14F2N2O. The molecule has 1 unspecified atom stereocenters. The van der Waals surface area contributed by atoms with Crippen LogP contribution in [-0.2, 0) is 0 Å². The molecule has 2 N–H and O–H groups in total. The molecule has 1 aromatic carbocycles. The van der Waals surface area contributed by atoms with Crippen LogP contribution in [0.5, 0.6) is 0 Å². The normalized spacial score (nSPS) is 19.7. The fourth-order valence-electron chi connectivity index (χ4n) is 2.14. The quantitative estimate of drug-likeness (QED) is 0.765. The average molecular weight is 240 g/mol. The molecular weight excluding hydrogens is 226 g/mol. The van der Waals surface area contributed by atoms with Gasteiger partial charge in [-0.2, -0.15) is 0 Å². The minimum atomic E-state index is -0.964. The van der Waals surface area contributed by atoms with Crippen molar-refractivity contribution < 1.29 is 13.6 Å². The second kappa shape index (κ2) is 4.31. The molecule has 0 saturated carbocycles. The van der Waals surface area contributed by atoms with E-state index in [1.807, 2.05) is 6.92 Å². The second-order valence-electron chi connectivity index (χ2n) is 4.32. The summed E-state index contributed by atoms with van der Waals surface area (Å²) >= 11 is 0. The van der Waals surface area contributed by atoms with Crippen molar-refractivity contribution in [3.63, 3.8) is 0 Å². The summed E-state index contributed by atoms with van der Waals surface area (Å²) in [6.07, 6.45) is 1.72. The standard InChI is InChI=1S/C12H14F2N2O/c1-7-3-2-6-16(7)12(17)10-8(13)4-5-9(15)11(10)14/h4-5,7H,2-3,6,15H2,1H3. The van der Waals surface area contributed by atoms with E-state index in [-0.39, 0.29) is 11.7 Å². The smallest absolute Gasteiger partial charge is 0.260 e. The number of nitrogens with zero attached hydrogens (tertiary/aromatic N) is 1. The minimum absolute atomic E-state index is 0.0164. The van der Waals surface area contributed by atoms with E-state index >= 15 is 0 Å². The van der Waals surface area contributed by atoms with Crippen LogP contribution in [0.3, 0.4) is 0 Å². The molecule has 1 amide bonds. The Kier molecular flexibility index (Phi) is 3.00. The molecule has 1 fully saturated rings. The van der Waals surface area contributed by atoms with E-state index < -0.39 is 23.1 Å². The first-order valence-electron chi connectivity index (χ1n) is 5.57. The number of anilines is 1. The maximum atomic E-state index is 13.7. The van der Waals surface area contributed by atoms with Crippen LogP contribution in [0.4, 0.5) is 14.5 Å². The van der Waals surface area contributed by atoms with Crippen molar-refractivity contribution in [1.82, 2.24) is 4.90 Å². The number of likely N-dealkylation sites (tertiary alicyclic amines) is 1. The average Bonchev–Trinajstić information content (AvgIpc) is 2.70. The van der Waals surface area contributed by atoms with E-state index in [4.69, 9.17) is 5.73 Å². The molecule has 1 atom stereocenters. The summed E-state index contributed by atoms with van der Waals surface area (Å²) in [7, 11) is 0. The van der Waals surface area contributed by atoms with E-state index in [0.717, 1.165) is 25.0 Å². The molecule has 1 heterocycles. The van der Waals surface area contributed by atoms with Crippen molar-refractivity contribution in [1.29, 1.82) is 0 Å². The molecule has 17 heavy (non-hydrogen) atoms. The molecule has 1 aliphatic heterocycles. The van der Waals surface area contributed by atoms with Gasteiger partial charge in [0.2, 0.25) is 0 Å². The van der Waals surface area contributed by atoms with Crippen LogP contribution in [0.2, 0.25) is 0 Å². The third kappa shape index (κ3) is 1.97. The van der Waals surface area contributed by atoms with Crippen molar-refractivity contribution >= 4 is 11.6 Å². The molecule has 1 aliphatic rings. The fraction of sp³-hybridized carbons (Fsp3) is 0.417. The van der Waals surface area contributed by atoms with Gasteiger partial charge in [0.15, 0.2) is 5.82 Å². The summed E-state index contributed by atoms with van der Waals surface area (Å²) in [5, 5.41) is 0. The number of nitrogen functional groups attached to an aromatic ring is 1. The number of hydrogen-bond donors (Lipinski definition) is 1. The largest absolute Gasteiger partial charge is 0.396 e. The summed E-state index contributed by atoms with van der Waals surface area (Å²) in [6, 6.07) is 2.16. The van der Waals surface area contributed by atoms with Crippen LogP contribution in [0, 0.1) is 11.6 Å². The predicted octanol–water partition coefficient (Wildman–Crippen LogP) is 2.17. The fourth-order valence-corrected chi connectivity index (χ4v) is 2.14. The Balaban J connectivity index is 2.40. The Morgan fingerprint density at radius 2 is 2.18 bits per heavy atom. The van der Waals surface area contributed by atoms with Gasteiger partial charge in [0.25, 0.3) is 5.91 Å². The van der Waals surface area contributed by atoms with Gasteiger partial charge < -0.3 is 10.6 Å². The van der Waals surface area contributed by atoms with Crippen molar-refractivity contribution in [3.05, 3.63) is 29.3 Å². The molecule has 92 valence electrons. The van der Waals surface area contributed by atoms with Crippen LogP contribution in [0.25, 0.3) is 0 Å². The molecule has 2 rings (SSSR count). The first-order valence-corrected chi connectivity index (χ1v) is 5.57. The van der Waals surface area contributed by atoms with Gasteiger partial charge in [-0.25, -0.2) is 8.78 Å². The molecule has 0 spiro atoms. The van der Waals surface area contributed by atoms with Gasteiger partial charge in [0.1, 0.15) is 11.4 Å². The monoisotopic (exact) mass is 240 g/mol. The highest BCUT2D eigenvalue weighted by Gasteiger charge is 2.30. The van der Waals surface area contributed by atoms with Crippen LogP contribution >= 0.6 is 0 Å². The summed E-state index contributed by atoms with van der Waals surface area (Å²) in [5.74, 6) is -2.44. The van der Waals surface area contributed by atoms with Crippen molar-refractivity contribution in [2.24, 2.45) is 0 Å². The highest BCUT2D eigenvalue weighted by molar-refractivity contribution is 5.96. The van der Waals surface area contributed by atoms with E-state index in [0.29, 0.717) is 6.54 Å². The zero-order valence-electron chi connectivity index (χ0n) is 9.54. The molecule has 0 aromatic heterocycles. The summed E-state index contributed by atoms with van der Waals surface area (Å²) in [6.45, 7) is 2.40. The van der Waals surface area contributed by atoms with Crippen molar-refractivity contribution in [2.75, 3.05) is 12.3 Å². The third-order valence-corrected chi connectivity index (χ3v) is 3.15. The molecule has 1 aromatic rings. The minimum Gasteiger partial charge on any atom is -0.396 e. The summed E-state index contributed by atoms with van der Waals surface area (Å²) in [5.41, 5.74) is 4.60. The molecule has 5 heteroatoms. The number of carbonyl (C=O) groups excluding carboxylic acids is 1. The Labute approximate surface area is 98.2 Å². The SMILES string of the molecule is CC1CCCN1C(=O)c1c(F)ccc(N)c1F. The second-order valence-corrected chi connectivity index (χ2v) is 4.32. The van der Waals surface area contributed by atoms with Gasteiger partial charge in [0.05, 0.1) is 5.69 Å². The number of benzene rings is 1. The van der Waals surface area contributed by atoms with Gasteiger partial charge in [0, 0.05) is 12.6 Å². The summed E-state index contributed by atoms with van der Waals surface area (Å²) < 4.78 is 27.2. The van der Waals surface area contributed by atoms with E-state index in [1.54, 1.807) is 0 Å². The maximum absolute atomic E-state index is 13.7. The molecule has 0 radical (unpaired) electrons. The molecule has 0 aliphatic carbocycles. The highest BCUT2D eigenvalue weighted by Crippen LogP contribution is 2.24.